The van der Waals surface area contributed by atoms with E-state index in [4.69, 9.17) is 10.7 Å². The first-order valence-electron chi connectivity index (χ1n) is 17.3. The second kappa shape index (κ2) is 14.1. The summed E-state index contributed by atoms with van der Waals surface area (Å²) in [4.78, 5) is 18.7. The van der Waals surface area contributed by atoms with Crippen molar-refractivity contribution in [3.63, 3.8) is 0 Å². The molecule has 18 heteroatoms. The maximum atomic E-state index is 15.4. The van der Waals surface area contributed by atoms with Crippen LogP contribution >= 0.6 is 0 Å². The van der Waals surface area contributed by atoms with Crippen LogP contribution < -0.4 is 5.73 Å². The quantitative estimate of drug-likeness (QED) is 0.131. The number of halogens is 7. The fourth-order valence-corrected chi connectivity index (χ4v) is 8.37. The Morgan fingerprint density at radius 3 is 2.46 bits per heavy atom. The number of aliphatic hydroxyl groups is 1. The molecule has 3 heterocycles. The van der Waals surface area contributed by atoms with Crippen molar-refractivity contribution >= 4 is 26.5 Å². The van der Waals surface area contributed by atoms with Gasteiger partial charge in [-0.05, 0) is 54.5 Å². The molecule has 0 unspecified atom stereocenters. The topological polar surface area (TPSA) is 146 Å². The molecule has 4 atom stereocenters. The highest BCUT2D eigenvalue weighted by molar-refractivity contribution is 7.89. The number of alkyl halides is 5. The molecule has 2 aromatic carbocycles. The summed E-state index contributed by atoms with van der Waals surface area (Å²) < 4.78 is 128. The van der Waals surface area contributed by atoms with E-state index >= 15 is 8.78 Å². The van der Waals surface area contributed by atoms with E-state index in [1.54, 1.807) is 31.3 Å². The molecule has 2 aliphatic carbocycles. The molecule has 0 bridgehead atoms. The number of carbonyl (C=O) groups excluding carboxylic acids is 1. The molecule has 56 heavy (non-hydrogen) atoms. The van der Waals surface area contributed by atoms with Crippen molar-refractivity contribution in [1.82, 2.24) is 24.5 Å². The summed E-state index contributed by atoms with van der Waals surface area (Å²) in [6.07, 6.45) is -4.96. The van der Waals surface area contributed by atoms with Crippen LogP contribution in [0.2, 0.25) is 0 Å². The SMILES string of the molecule is Cn1nc(CS(C)(=O)=O)c2cccc(-c3ccc(C#C[C@@H](N)CO)nc3[C@@H](CC(=O)Cn3nc(C(F)(F)F)c4c3C(F)(F)[C@@H]3C[C@H]43)Cc3cc(F)cc(F)c3)c21. The van der Waals surface area contributed by atoms with Gasteiger partial charge in [0.1, 0.15) is 29.6 Å². The minimum Gasteiger partial charge on any atom is -0.394 e. The fraction of sp³-hybridized carbons (Fsp3) is 0.368. The zero-order chi connectivity index (χ0) is 40.5. The standard InChI is InChI=1S/C38H33F7N6O4S/c1-50-34-27(4-3-5-28(34)31(48-50)18-56(2,54)55)26-9-8-24(7-6-23(46)17-52)47-33(26)20(10-19-11-21(39)14-22(40)12-19)13-25(53)16-51-36-32(35(49-51)38(43,44)45)29-15-30(29)37(36,41)42/h3-5,8-9,11-12,14,20,23,29-30,52H,10,13,15-18,46H2,1-2H3/t20-,23-,29+,30-/m1/s1. The number of hydrogen-bond donors (Lipinski definition) is 2. The van der Waals surface area contributed by atoms with Crippen LogP contribution in [0.25, 0.3) is 22.0 Å². The van der Waals surface area contributed by atoms with Crippen molar-refractivity contribution < 1.29 is 49.1 Å². The van der Waals surface area contributed by atoms with Gasteiger partial charge in [0.2, 0.25) is 0 Å². The first kappa shape index (κ1) is 39.1. The Bertz CT molecular complexity index is 2550. The maximum absolute atomic E-state index is 15.4. The number of Topliss-reactive ketones (excluding diaryl/α,β-unsaturated/α-hetero) is 1. The molecule has 10 nitrogen and oxygen atoms in total. The lowest BCUT2D eigenvalue weighted by Gasteiger charge is -2.21. The number of rotatable bonds is 11. The minimum atomic E-state index is -5.05. The van der Waals surface area contributed by atoms with Gasteiger partial charge < -0.3 is 10.8 Å². The van der Waals surface area contributed by atoms with Crippen LogP contribution in [-0.4, -0.2) is 62.8 Å². The molecule has 0 saturated heterocycles. The summed E-state index contributed by atoms with van der Waals surface area (Å²) in [5, 5.41) is 17.8. The Balaban J connectivity index is 1.37. The number of carbonyl (C=O) groups is 1. The third-order valence-electron chi connectivity index (χ3n) is 9.93. The van der Waals surface area contributed by atoms with Gasteiger partial charge in [0.15, 0.2) is 21.3 Å². The van der Waals surface area contributed by atoms with Gasteiger partial charge in [0.25, 0.3) is 5.92 Å². The van der Waals surface area contributed by atoms with Gasteiger partial charge in [-0.3, -0.25) is 14.2 Å². The average Bonchev–Trinajstić information content (AvgIpc) is 3.65. The highest BCUT2D eigenvalue weighted by Crippen LogP contribution is 2.68. The van der Waals surface area contributed by atoms with Gasteiger partial charge in [-0.25, -0.2) is 22.2 Å². The number of sulfone groups is 1. The predicted octanol–water partition coefficient (Wildman–Crippen LogP) is 5.54. The van der Waals surface area contributed by atoms with Crippen LogP contribution in [0, 0.1) is 29.4 Å². The molecular formula is C38H33F7N6O4S. The molecule has 0 spiro atoms. The predicted molar refractivity (Wildman–Crippen MR) is 189 cm³/mol. The summed E-state index contributed by atoms with van der Waals surface area (Å²) in [5.74, 6) is -4.80. The number of benzene rings is 2. The van der Waals surface area contributed by atoms with Crippen LogP contribution in [0.1, 0.15) is 64.3 Å². The molecule has 7 rings (SSSR count). The molecule has 0 amide bonds. The lowest BCUT2D eigenvalue weighted by molar-refractivity contribution is -0.142. The Labute approximate surface area is 315 Å². The van der Waals surface area contributed by atoms with Gasteiger partial charge in [0.05, 0.1) is 35.3 Å². The van der Waals surface area contributed by atoms with Gasteiger partial charge in [-0.1, -0.05) is 24.1 Å². The highest BCUT2D eigenvalue weighted by Gasteiger charge is 2.68. The maximum Gasteiger partial charge on any atom is 0.435 e. The zero-order valence-electron chi connectivity index (χ0n) is 29.7. The summed E-state index contributed by atoms with van der Waals surface area (Å²) in [6.45, 7) is -1.44. The molecule has 3 aromatic heterocycles. The van der Waals surface area contributed by atoms with E-state index in [9.17, 15) is 40.3 Å². The second-order valence-corrected chi connectivity index (χ2v) is 16.4. The zero-order valence-corrected chi connectivity index (χ0v) is 30.5. The highest BCUT2D eigenvalue weighted by atomic mass is 32.2. The van der Waals surface area contributed by atoms with Gasteiger partial charge in [-0.2, -0.15) is 32.1 Å². The Morgan fingerprint density at radius 1 is 1.09 bits per heavy atom. The number of ketones is 1. The Kier molecular flexibility index (Phi) is 9.86. The van der Waals surface area contributed by atoms with Crippen molar-refractivity contribution in [1.29, 1.82) is 0 Å². The number of nitrogens with two attached hydrogens (primary N) is 1. The van der Waals surface area contributed by atoms with Crippen molar-refractivity contribution in [3.8, 4) is 23.0 Å². The molecule has 2 aliphatic rings. The average molecular weight is 803 g/mol. The lowest BCUT2D eigenvalue weighted by Crippen LogP contribution is -2.24. The molecule has 0 radical (unpaired) electrons. The summed E-state index contributed by atoms with van der Waals surface area (Å²) >= 11 is 0. The Hall–Kier alpha value is -5.12. The number of fused-ring (bicyclic) bond motifs is 4. The number of pyridine rings is 1. The largest absolute Gasteiger partial charge is 0.435 e. The number of aliphatic hydroxyl groups excluding tert-OH is 1. The van der Waals surface area contributed by atoms with Crippen molar-refractivity contribution in [2.45, 2.75) is 61.5 Å². The first-order chi connectivity index (χ1) is 26.2. The number of nitrogens with zero attached hydrogens (tertiary/aromatic N) is 5. The van der Waals surface area contributed by atoms with Crippen LogP contribution in [0.3, 0.4) is 0 Å². The lowest BCUT2D eigenvalue weighted by atomic mass is 9.86. The van der Waals surface area contributed by atoms with Crippen molar-refractivity contribution in [2.24, 2.45) is 18.7 Å². The number of aromatic nitrogens is 5. The van der Waals surface area contributed by atoms with Crippen LogP contribution in [0.4, 0.5) is 30.7 Å². The van der Waals surface area contributed by atoms with Crippen molar-refractivity contribution in [3.05, 3.63) is 99.8 Å². The van der Waals surface area contributed by atoms with E-state index in [0.29, 0.717) is 32.8 Å². The van der Waals surface area contributed by atoms with Crippen molar-refractivity contribution in [2.75, 3.05) is 12.9 Å². The molecular weight excluding hydrogens is 770 g/mol. The third-order valence-corrected chi connectivity index (χ3v) is 10.7. The van der Waals surface area contributed by atoms with Crippen LogP contribution in [0.15, 0.2) is 48.5 Å². The molecule has 5 aromatic rings. The Morgan fingerprint density at radius 2 is 1.80 bits per heavy atom. The van der Waals surface area contributed by atoms with E-state index in [0.717, 1.165) is 18.4 Å². The first-order valence-corrected chi connectivity index (χ1v) is 19.4. The molecule has 0 aliphatic heterocycles. The third kappa shape index (κ3) is 7.54. The van der Waals surface area contributed by atoms with E-state index in [1.807, 2.05) is 0 Å². The number of hydrogen-bond acceptors (Lipinski definition) is 8. The number of para-hydroxylation sites is 1. The summed E-state index contributed by atoms with van der Waals surface area (Å²) in [5.41, 5.74) is 4.57. The fourth-order valence-electron chi connectivity index (χ4n) is 7.66. The van der Waals surface area contributed by atoms with E-state index in [2.05, 4.69) is 22.0 Å². The van der Waals surface area contributed by atoms with Gasteiger partial charge in [-0.15, -0.1) is 0 Å². The second-order valence-electron chi connectivity index (χ2n) is 14.3. The number of aryl methyl sites for hydroxylation is 1. The van der Waals surface area contributed by atoms with E-state index in [-0.39, 0.29) is 41.2 Å². The van der Waals surface area contributed by atoms with Crippen LogP contribution in [-0.2, 0) is 52.5 Å². The molecule has 3 N–H and O–H groups in total. The molecule has 1 fully saturated rings. The normalized spacial score (nSPS) is 18.3. The molecule has 1 saturated carbocycles. The van der Waals surface area contributed by atoms with Gasteiger partial charge in [0, 0.05) is 59.7 Å². The van der Waals surface area contributed by atoms with Gasteiger partial charge >= 0.3 is 6.18 Å². The summed E-state index contributed by atoms with van der Waals surface area (Å²) in [6, 6.07) is 9.87. The smallest absolute Gasteiger partial charge is 0.394 e. The monoisotopic (exact) mass is 802 g/mol. The van der Waals surface area contributed by atoms with Crippen LogP contribution in [0.5, 0.6) is 0 Å². The summed E-state index contributed by atoms with van der Waals surface area (Å²) in [7, 11) is -1.93. The van der Waals surface area contributed by atoms with E-state index in [1.165, 1.54) is 10.7 Å². The van der Waals surface area contributed by atoms with E-state index < -0.39 is 99.7 Å². The minimum absolute atomic E-state index is 0.0759. The molecule has 294 valence electrons.